The Morgan fingerprint density at radius 2 is 1.93 bits per heavy atom. The monoisotopic (exact) mass is 399 g/mol. The zero-order valence-electron chi connectivity index (χ0n) is 18.2. The van der Waals surface area contributed by atoms with Crippen LogP contribution in [0.4, 0.5) is 0 Å². The standard InChI is InChI=1S/C24H33NO4/c1-6-7-14-29-23-22(26)20-12-11-19(16-21(20)25(5)24(23)27)28-15-13-18(4)10-8-9-17(2)3/h9,11-13,16,26H,6-8,10,14-15H2,1-5H3/b18-13+. The molecule has 0 fully saturated rings. The molecule has 0 bridgehead atoms. The van der Waals surface area contributed by atoms with Crippen LogP contribution in [0.1, 0.15) is 53.4 Å². The first-order valence-corrected chi connectivity index (χ1v) is 10.3. The quantitative estimate of drug-likeness (QED) is 0.424. The predicted octanol–water partition coefficient (Wildman–Crippen LogP) is 5.49. The van der Waals surface area contributed by atoms with Gasteiger partial charge in [0.15, 0.2) is 5.75 Å². The van der Waals surface area contributed by atoms with Crippen LogP contribution < -0.4 is 15.0 Å². The van der Waals surface area contributed by atoms with Gasteiger partial charge in [0.2, 0.25) is 5.75 Å². The summed E-state index contributed by atoms with van der Waals surface area (Å²) in [6.07, 6.45) is 8.13. The number of allylic oxidation sites excluding steroid dienone is 3. The molecule has 5 heteroatoms. The van der Waals surface area contributed by atoms with Gasteiger partial charge in [-0.25, -0.2) is 0 Å². The maximum Gasteiger partial charge on any atom is 0.297 e. The summed E-state index contributed by atoms with van der Waals surface area (Å²) in [5.74, 6) is 0.553. The molecular weight excluding hydrogens is 366 g/mol. The highest BCUT2D eigenvalue weighted by molar-refractivity contribution is 5.88. The Kier molecular flexibility index (Phi) is 8.37. The maximum absolute atomic E-state index is 12.6. The van der Waals surface area contributed by atoms with Crippen molar-refractivity contribution in [3.63, 3.8) is 0 Å². The van der Waals surface area contributed by atoms with Crippen molar-refractivity contribution < 1.29 is 14.6 Å². The summed E-state index contributed by atoms with van der Waals surface area (Å²) in [6, 6.07) is 5.34. The van der Waals surface area contributed by atoms with E-state index in [1.165, 1.54) is 15.7 Å². The zero-order chi connectivity index (χ0) is 21.4. The van der Waals surface area contributed by atoms with Gasteiger partial charge in [0.05, 0.1) is 12.1 Å². The smallest absolute Gasteiger partial charge is 0.297 e. The fourth-order valence-corrected chi connectivity index (χ4v) is 2.98. The molecule has 1 N–H and O–H groups in total. The normalized spacial score (nSPS) is 11.6. The van der Waals surface area contributed by atoms with Gasteiger partial charge in [-0.1, -0.05) is 30.6 Å². The van der Waals surface area contributed by atoms with Gasteiger partial charge in [0, 0.05) is 18.5 Å². The van der Waals surface area contributed by atoms with E-state index < -0.39 is 0 Å². The first kappa shape index (κ1) is 22.6. The van der Waals surface area contributed by atoms with E-state index >= 15 is 0 Å². The third-order valence-corrected chi connectivity index (χ3v) is 4.82. The second kappa shape index (κ2) is 10.7. The molecule has 0 unspecified atom stereocenters. The number of fused-ring (bicyclic) bond motifs is 1. The van der Waals surface area contributed by atoms with Gasteiger partial charge in [-0.3, -0.25) is 4.79 Å². The van der Waals surface area contributed by atoms with Gasteiger partial charge < -0.3 is 19.1 Å². The fourth-order valence-electron chi connectivity index (χ4n) is 2.98. The largest absolute Gasteiger partial charge is 0.504 e. The molecule has 0 atom stereocenters. The topological polar surface area (TPSA) is 60.7 Å². The summed E-state index contributed by atoms with van der Waals surface area (Å²) < 4.78 is 12.9. The molecule has 1 heterocycles. The molecule has 0 aliphatic carbocycles. The van der Waals surface area contributed by atoms with Crippen molar-refractivity contribution in [1.82, 2.24) is 4.57 Å². The molecule has 0 saturated carbocycles. The number of aromatic hydroxyl groups is 1. The van der Waals surface area contributed by atoms with Crippen molar-refractivity contribution >= 4 is 10.9 Å². The number of unbranched alkanes of at least 4 members (excludes halogenated alkanes) is 1. The number of nitrogens with zero attached hydrogens (tertiary/aromatic N) is 1. The first-order valence-electron chi connectivity index (χ1n) is 10.3. The van der Waals surface area contributed by atoms with Crippen LogP contribution >= 0.6 is 0 Å². The van der Waals surface area contributed by atoms with Crippen molar-refractivity contribution in [1.29, 1.82) is 0 Å². The minimum atomic E-state index is -0.349. The SMILES string of the molecule is CCCCOc1c(O)c2ccc(OC/C=C(\C)CCC=C(C)C)cc2n(C)c1=O. The van der Waals surface area contributed by atoms with Crippen LogP contribution in [0.5, 0.6) is 17.2 Å². The molecule has 1 aromatic carbocycles. The Morgan fingerprint density at radius 3 is 2.62 bits per heavy atom. The lowest BCUT2D eigenvalue weighted by Crippen LogP contribution is -2.20. The molecule has 2 aromatic rings. The fraction of sp³-hybridized carbons (Fsp3) is 0.458. The third kappa shape index (κ3) is 6.14. The third-order valence-electron chi connectivity index (χ3n) is 4.82. The second-order valence-corrected chi connectivity index (χ2v) is 7.60. The Balaban J connectivity index is 2.15. The summed E-state index contributed by atoms with van der Waals surface area (Å²) in [5, 5.41) is 11.1. The van der Waals surface area contributed by atoms with E-state index in [0.717, 1.165) is 25.7 Å². The predicted molar refractivity (Wildman–Crippen MR) is 119 cm³/mol. The summed E-state index contributed by atoms with van der Waals surface area (Å²) in [4.78, 5) is 12.6. The second-order valence-electron chi connectivity index (χ2n) is 7.60. The molecule has 1 aromatic heterocycles. The lowest BCUT2D eigenvalue weighted by atomic mass is 10.1. The van der Waals surface area contributed by atoms with Crippen LogP contribution in [0.15, 0.2) is 46.3 Å². The van der Waals surface area contributed by atoms with E-state index in [9.17, 15) is 9.90 Å². The van der Waals surface area contributed by atoms with E-state index in [1.807, 2.05) is 6.92 Å². The molecule has 0 spiro atoms. The van der Waals surface area contributed by atoms with E-state index in [2.05, 4.69) is 32.9 Å². The van der Waals surface area contributed by atoms with Gasteiger partial charge in [-0.2, -0.15) is 0 Å². The summed E-state index contributed by atoms with van der Waals surface area (Å²) >= 11 is 0. The first-order chi connectivity index (χ1) is 13.8. The number of aromatic nitrogens is 1. The van der Waals surface area contributed by atoms with Crippen LogP contribution in [0.2, 0.25) is 0 Å². The molecule has 29 heavy (non-hydrogen) atoms. The lowest BCUT2D eigenvalue weighted by Gasteiger charge is -2.14. The molecular formula is C24H33NO4. The molecule has 0 aliphatic heterocycles. The maximum atomic E-state index is 12.6. The van der Waals surface area contributed by atoms with Crippen molar-refractivity contribution in [3.8, 4) is 17.2 Å². The number of rotatable bonds is 10. The van der Waals surface area contributed by atoms with Crippen LogP contribution in [-0.4, -0.2) is 22.9 Å². The zero-order valence-corrected chi connectivity index (χ0v) is 18.2. The summed E-state index contributed by atoms with van der Waals surface area (Å²) in [7, 11) is 1.67. The van der Waals surface area contributed by atoms with Gasteiger partial charge in [0.25, 0.3) is 5.56 Å². The Hall–Kier alpha value is -2.69. The van der Waals surface area contributed by atoms with Crippen LogP contribution in [-0.2, 0) is 7.05 Å². The average molecular weight is 400 g/mol. The number of pyridine rings is 1. The van der Waals surface area contributed by atoms with Crippen molar-refractivity contribution in [2.75, 3.05) is 13.2 Å². The molecule has 0 aliphatic rings. The highest BCUT2D eigenvalue weighted by atomic mass is 16.5. The van der Waals surface area contributed by atoms with E-state index in [1.54, 1.807) is 25.2 Å². The highest BCUT2D eigenvalue weighted by Gasteiger charge is 2.16. The van der Waals surface area contributed by atoms with E-state index in [-0.39, 0.29) is 17.1 Å². The van der Waals surface area contributed by atoms with Crippen molar-refractivity contribution in [2.45, 2.75) is 53.4 Å². The van der Waals surface area contributed by atoms with Gasteiger partial charge in [0.1, 0.15) is 12.4 Å². The molecule has 0 radical (unpaired) electrons. The number of ether oxygens (including phenoxy) is 2. The number of benzene rings is 1. The number of aryl methyl sites for hydroxylation is 1. The van der Waals surface area contributed by atoms with Gasteiger partial charge >= 0.3 is 0 Å². The average Bonchev–Trinajstić information content (AvgIpc) is 2.68. The van der Waals surface area contributed by atoms with Crippen molar-refractivity contribution in [3.05, 3.63) is 51.9 Å². The van der Waals surface area contributed by atoms with Gasteiger partial charge in [-0.05, 0) is 58.2 Å². The number of hydrogen-bond donors (Lipinski definition) is 1. The molecule has 0 saturated heterocycles. The Labute approximate surface area is 173 Å². The molecule has 0 amide bonds. The Morgan fingerprint density at radius 1 is 1.17 bits per heavy atom. The van der Waals surface area contributed by atoms with E-state index in [4.69, 9.17) is 9.47 Å². The molecule has 2 rings (SSSR count). The minimum absolute atomic E-state index is 0.0112. The summed E-state index contributed by atoms with van der Waals surface area (Å²) in [5.41, 5.74) is 2.87. The minimum Gasteiger partial charge on any atom is -0.504 e. The van der Waals surface area contributed by atoms with Crippen LogP contribution in [0.3, 0.4) is 0 Å². The van der Waals surface area contributed by atoms with Crippen molar-refractivity contribution in [2.24, 2.45) is 7.05 Å². The number of hydrogen-bond acceptors (Lipinski definition) is 4. The van der Waals surface area contributed by atoms with Crippen LogP contribution in [0.25, 0.3) is 10.9 Å². The Bertz CT molecular complexity index is 949. The molecule has 5 nitrogen and oxygen atoms in total. The summed E-state index contributed by atoms with van der Waals surface area (Å²) in [6.45, 7) is 9.23. The highest BCUT2D eigenvalue weighted by Crippen LogP contribution is 2.33. The molecule has 158 valence electrons. The van der Waals surface area contributed by atoms with E-state index in [0.29, 0.717) is 29.9 Å². The lowest BCUT2D eigenvalue weighted by molar-refractivity contribution is 0.288. The van der Waals surface area contributed by atoms with Crippen LogP contribution in [0, 0.1) is 0 Å². The van der Waals surface area contributed by atoms with Gasteiger partial charge in [-0.15, -0.1) is 0 Å².